The lowest BCUT2D eigenvalue weighted by atomic mass is 9.89. The van der Waals surface area contributed by atoms with Gasteiger partial charge in [-0.1, -0.05) is 44.9 Å². The zero-order valence-corrected chi connectivity index (χ0v) is 11.2. The summed E-state index contributed by atoms with van der Waals surface area (Å²) in [5.74, 6) is 0.670. The summed E-state index contributed by atoms with van der Waals surface area (Å²) in [5.41, 5.74) is 10.9. The Hall–Kier alpha value is -0.820. The number of aryl methyl sites for hydroxylation is 2. The van der Waals surface area contributed by atoms with Crippen molar-refractivity contribution in [3.63, 3.8) is 0 Å². The molecular formula is C16H25N. The fraction of sp³-hybridized carbons (Fsp3) is 0.625. The number of nitrogens with two attached hydrogens (primary N) is 1. The predicted molar refractivity (Wildman–Crippen MR) is 74.2 cm³/mol. The molecule has 1 aliphatic rings. The van der Waals surface area contributed by atoms with E-state index in [1.165, 1.54) is 37.7 Å². The van der Waals surface area contributed by atoms with Gasteiger partial charge in [0.15, 0.2) is 0 Å². The molecule has 94 valence electrons. The summed E-state index contributed by atoms with van der Waals surface area (Å²) in [7, 11) is 0. The summed E-state index contributed by atoms with van der Waals surface area (Å²) in [5, 5.41) is 0. The average molecular weight is 231 g/mol. The van der Waals surface area contributed by atoms with Gasteiger partial charge in [-0.3, -0.25) is 0 Å². The Bertz CT molecular complexity index is 366. The van der Waals surface area contributed by atoms with Crippen LogP contribution in [0, 0.1) is 5.92 Å². The summed E-state index contributed by atoms with van der Waals surface area (Å²) in [4.78, 5) is 0. The van der Waals surface area contributed by atoms with Crippen LogP contribution in [0.4, 0.5) is 0 Å². The first-order valence-corrected chi connectivity index (χ1v) is 7.10. The standard InChI is InChI=1S/C16H25N/c1-3-13(4-2)16(17)11-12-8-9-14-6-5-7-15(14)10-12/h8-10,13,16H,3-7,11,17H2,1-2H3. The van der Waals surface area contributed by atoms with Crippen molar-refractivity contribution in [3.8, 4) is 0 Å². The van der Waals surface area contributed by atoms with E-state index in [-0.39, 0.29) is 0 Å². The van der Waals surface area contributed by atoms with Gasteiger partial charge in [-0.15, -0.1) is 0 Å². The SMILES string of the molecule is CCC(CC)C(N)Cc1ccc2c(c1)CCC2. The summed E-state index contributed by atoms with van der Waals surface area (Å²) >= 11 is 0. The third kappa shape index (κ3) is 2.90. The fourth-order valence-corrected chi connectivity index (χ4v) is 3.09. The Morgan fingerprint density at radius 3 is 2.53 bits per heavy atom. The molecule has 0 spiro atoms. The van der Waals surface area contributed by atoms with Gasteiger partial charge in [0.1, 0.15) is 0 Å². The van der Waals surface area contributed by atoms with Crippen LogP contribution in [0.5, 0.6) is 0 Å². The Morgan fingerprint density at radius 1 is 1.12 bits per heavy atom. The molecule has 2 rings (SSSR count). The molecule has 1 atom stereocenters. The molecule has 0 aliphatic heterocycles. The summed E-state index contributed by atoms with van der Waals surface area (Å²) in [6.07, 6.45) is 7.31. The maximum atomic E-state index is 6.32. The molecule has 1 unspecified atom stereocenters. The number of benzene rings is 1. The second-order valence-electron chi connectivity index (χ2n) is 5.40. The minimum absolute atomic E-state index is 0.324. The van der Waals surface area contributed by atoms with E-state index in [4.69, 9.17) is 5.73 Å². The van der Waals surface area contributed by atoms with E-state index in [9.17, 15) is 0 Å². The van der Waals surface area contributed by atoms with E-state index in [0.29, 0.717) is 12.0 Å². The average Bonchev–Trinajstić information content (AvgIpc) is 2.77. The van der Waals surface area contributed by atoms with Crippen molar-refractivity contribution in [1.29, 1.82) is 0 Å². The summed E-state index contributed by atoms with van der Waals surface area (Å²) in [6.45, 7) is 4.49. The van der Waals surface area contributed by atoms with Crippen molar-refractivity contribution in [3.05, 3.63) is 34.9 Å². The van der Waals surface area contributed by atoms with Gasteiger partial charge in [0.25, 0.3) is 0 Å². The molecule has 2 N–H and O–H groups in total. The van der Waals surface area contributed by atoms with Gasteiger partial charge in [-0.05, 0) is 48.3 Å². The van der Waals surface area contributed by atoms with Crippen LogP contribution in [0.2, 0.25) is 0 Å². The molecule has 1 aliphatic carbocycles. The van der Waals surface area contributed by atoms with Gasteiger partial charge in [-0.25, -0.2) is 0 Å². The Labute approximate surface area is 105 Å². The molecule has 0 fully saturated rings. The third-order valence-corrected chi connectivity index (χ3v) is 4.29. The van der Waals surface area contributed by atoms with Crippen LogP contribution in [0.15, 0.2) is 18.2 Å². The van der Waals surface area contributed by atoms with Crippen LogP contribution in [0.1, 0.15) is 49.8 Å². The van der Waals surface area contributed by atoms with Crippen molar-refractivity contribution >= 4 is 0 Å². The summed E-state index contributed by atoms with van der Waals surface area (Å²) < 4.78 is 0. The Balaban J connectivity index is 2.03. The molecule has 0 aromatic heterocycles. The highest BCUT2D eigenvalue weighted by Gasteiger charge is 2.16. The van der Waals surface area contributed by atoms with E-state index in [0.717, 1.165) is 6.42 Å². The number of hydrogen-bond donors (Lipinski definition) is 1. The van der Waals surface area contributed by atoms with E-state index in [1.807, 2.05) is 0 Å². The molecule has 1 heteroatoms. The molecule has 0 amide bonds. The second kappa shape index (κ2) is 5.68. The molecular weight excluding hydrogens is 206 g/mol. The molecule has 1 aromatic rings. The molecule has 0 heterocycles. The van der Waals surface area contributed by atoms with Gasteiger partial charge in [0.05, 0.1) is 0 Å². The second-order valence-corrected chi connectivity index (χ2v) is 5.40. The first kappa shape index (κ1) is 12.6. The predicted octanol–water partition coefficient (Wildman–Crippen LogP) is 3.48. The highest BCUT2D eigenvalue weighted by atomic mass is 14.6. The smallest absolute Gasteiger partial charge is 0.0108 e. The Kier molecular flexibility index (Phi) is 4.22. The first-order chi connectivity index (χ1) is 8.24. The number of rotatable bonds is 5. The van der Waals surface area contributed by atoms with Crippen LogP contribution in [-0.4, -0.2) is 6.04 Å². The van der Waals surface area contributed by atoms with Crippen molar-refractivity contribution in [2.45, 2.75) is 58.4 Å². The van der Waals surface area contributed by atoms with E-state index >= 15 is 0 Å². The van der Waals surface area contributed by atoms with Gasteiger partial charge in [0.2, 0.25) is 0 Å². The zero-order chi connectivity index (χ0) is 12.3. The minimum Gasteiger partial charge on any atom is -0.327 e. The van der Waals surface area contributed by atoms with Gasteiger partial charge in [-0.2, -0.15) is 0 Å². The largest absolute Gasteiger partial charge is 0.327 e. The van der Waals surface area contributed by atoms with Crippen LogP contribution in [0.3, 0.4) is 0 Å². The lowest BCUT2D eigenvalue weighted by molar-refractivity contribution is 0.393. The van der Waals surface area contributed by atoms with Crippen LogP contribution < -0.4 is 5.73 Å². The molecule has 17 heavy (non-hydrogen) atoms. The van der Waals surface area contributed by atoms with E-state index < -0.39 is 0 Å². The molecule has 0 radical (unpaired) electrons. The molecule has 0 bridgehead atoms. The third-order valence-electron chi connectivity index (χ3n) is 4.29. The van der Waals surface area contributed by atoms with Gasteiger partial charge in [0, 0.05) is 6.04 Å². The van der Waals surface area contributed by atoms with Crippen LogP contribution in [-0.2, 0) is 19.3 Å². The quantitative estimate of drug-likeness (QED) is 0.825. The maximum absolute atomic E-state index is 6.32. The lowest BCUT2D eigenvalue weighted by Crippen LogP contribution is -2.31. The maximum Gasteiger partial charge on any atom is 0.0108 e. The zero-order valence-electron chi connectivity index (χ0n) is 11.2. The van der Waals surface area contributed by atoms with Crippen molar-refractivity contribution in [1.82, 2.24) is 0 Å². The molecule has 0 saturated carbocycles. The number of hydrogen-bond acceptors (Lipinski definition) is 1. The summed E-state index contributed by atoms with van der Waals surface area (Å²) in [6, 6.07) is 7.32. The van der Waals surface area contributed by atoms with Crippen molar-refractivity contribution < 1.29 is 0 Å². The number of fused-ring (bicyclic) bond motifs is 1. The van der Waals surface area contributed by atoms with Gasteiger partial charge < -0.3 is 5.73 Å². The first-order valence-electron chi connectivity index (χ1n) is 7.10. The monoisotopic (exact) mass is 231 g/mol. The lowest BCUT2D eigenvalue weighted by Gasteiger charge is -2.21. The Morgan fingerprint density at radius 2 is 1.82 bits per heavy atom. The minimum atomic E-state index is 0.324. The van der Waals surface area contributed by atoms with Crippen LogP contribution in [0.25, 0.3) is 0 Å². The highest BCUT2D eigenvalue weighted by Crippen LogP contribution is 2.24. The topological polar surface area (TPSA) is 26.0 Å². The van der Waals surface area contributed by atoms with Gasteiger partial charge >= 0.3 is 0 Å². The normalized spacial score (nSPS) is 16.2. The van der Waals surface area contributed by atoms with E-state index in [2.05, 4.69) is 32.0 Å². The fourth-order valence-electron chi connectivity index (χ4n) is 3.09. The van der Waals surface area contributed by atoms with Crippen molar-refractivity contribution in [2.24, 2.45) is 11.7 Å². The van der Waals surface area contributed by atoms with Crippen LogP contribution >= 0.6 is 0 Å². The molecule has 1 aromatic carbocycles. The molecule has 0 saturated heterocycles. The van der Waals surface area contributed by atoms with E-state index in [1.54, 1.807) is 11.1 Å². The van der Waals surface area contributed by atoms with Crippen molar-refractivity contribution in [2.75, 3.05) is 0 Å². The highest BCUT2D eigenvalue weighted by molar-refractivity contribution is 5.35. The molecule has 1 nitrogen and oxygen atoms in total.